The summed E-state index contributed by atoms with van der Waals surface area (Å²) in [7, 11) is 1.37. The minimum atomic E-state index is -0.255. The van der Waals surface area contributed by atoms with Crippen molar-refractivity contribution in [3.05, 3.63) is 36.2 Å². The second kappa shape index (κ2) is 4.56. The monoisotopic (exact) mass is 191 g/mol. The lowest BCUT2D eigenvalue weighted by Crippen LogP contribution is -2.04. The van der Waals surface area contributed by atoms with Crippen LogP contribution in [0.4, 0.5) is 0 Å². The van der Waals surface area contributed by atoms with Gasteiger partial charge in [-0.2, -0.15) is 0 Å². The average molecular weight is 191 g/mol. The van der Waals surface area contributed by atoms with Gasteiger partial charge >= 0.3 is 5.97 Å². The molecule has 0 amide bonds. The average Bonchev–Trinajstić information content (AvgIpc) is 2.18. The maximum atomic E-state index is 10.9. The number of allylic oxidation sites excluding steroid dienone is 1. The molecule has 3 nitrogen and oxygen atoms in total. The summed E-state index contributed by atoms with van der Waals surface area (Å²) < 4.78 is 4.55. The lowest BCUT2D eigenvalue weighted by atomic mass is 10.1. The molecule has 0 unspecified atom stereocenters. The van der Waals surface area contributed by atoms with E-state index in [0.717, 1.165) is 16.8 Å². The van der Waals surface area contributed by atoms with Crippen molar-refractivity contribution in [3.8, 4) is 0 Å². The van der Waals surface area contributed by atoms with Gasteiger partial charge in [0.15, 0.2) is 0 Å². The molecule has 74 valence electrons. The molecule has 0 bridgehead atoms. The van der Waals surface area contributed by atoms with Gasteiger partial charge in [-0.3, -0.25) is 9.78 Å². The van der Waals surface area contributed by atoms with E-state index in [4.69, 9.17) is 0 Å². The van der Waals surface area contributed by atoms with E-state index in [-0.39, 0.29) is 12.4 Å². The van der Waals surface area contributed by atoms with Crippen LogP contribution in [0.2, 0.25) is 0 Å². The first-order valence-electron chi connectivity index (χ1n) is 4.31. The Balaban J connectivity index is 2.73. The zero-order valence-corrected chi connectivity index (χ0v) is 8.41. The van der Waals surface area contributed by atoms with Gasteiger partial charge in [0.1, 0.15) is 0 Å². The van der Waals surface area contributed by atoms with Crippen molar-refractivity contribution < 1.29 is 9.53 Å². The number of ether oxygens (including phenoxy) is 1. The van der Waals surface area contributed by atoms with Crippen molar-refractivity contribution in [2.45, 2.75) is 13.3 Å². The number of aromatic nitrogens is 1. The lowest BCUT2D eigenvalue weighted by molar-refractivity contribution is -0.139. The minimum Gasteiger partial charge on any atom is -0.469 e. The number of pyridine rings is 1. The Morgan fingerprint density at radius 3 is 2.71 bits per heavy atom. The van der Waals surface area contributed by atoms with E-state index in [1.54, 1.807) is 6.20 Å². The highest BCUT2D eigenvalue weighted by Gasteiger charge is 2.03. The van der Waals surface area contributed by atoms with Crippen LogP contribution in [-0.4, -0.2) is 18.1 Å². The summed E-state index contributed by atoms with van der Waals surface area (Å²) in [6, 6.07) is 3.70. The second-order valence-electron chi connectivity index (χ2n) is 3.08. The molecule has 0 fully saturated rings. The van der Waals surface area contributed by atoms with E-state index in [2.05, 4.69) is 16.3 Å². The molecular formula is C11H13NO2. The highest BCUT2D eigenvalue weighted by Crippen LogP contribution is 2.09. The first kappa shape index (κ1) is 10.4. The Bertz CT molecular complexity index is 341. The van der Waals surface area contributed by atoms with Crippen LogP contribution >= 0.6 is 0 Å². The van der Waals surface area contributed by atoms with Gasteiger partial charge in [0, 0.05) is 6.20 Å². The SMILES string of the molecule is C=C(C)c1ccc(CC(=O)OC)cn1. The summed E-state index contributed by atoms with van der Waals surface area (Å²) in [5.41, 5.74) is 2.61. The van der Waals surface area contributed by atoms with Gasteiger partial charge in [0.05, 0.1) is 19.2 Å². The van der Waals surface area contributed by atoms with Crippen LogP contribution in [0.5, 0.6) is 0 Å². The molecule has 1 aromatic heterocycles. The zero-order valence-electron chi connectivity index (χ0n) is 8.41. The third-order valence-electron chi connectivity index (χ3n) is 1.84. The fourth-order valence-electron chi connectivity index (χ4n) is 1.02. The predicted molar refractivity (Wildman–Crippen MR) is 54.7 cm³/mol. The van der Waals surface area contributed by atoms with Crippen LogP contribution in [0.25, 0.3) is 5.57 Å². The van der Waals surface area contributed by atoms with Gasteiger partial charge in [-0.05, 0) is 24.1 Å². The standard InChI is InChI=1S/C11H13NO2/c1-8(2)10-5-4-9(7-12-10)6-11(13)14-3/h4-5,7H,1,6H2,2-3H3. The van der Waals surface area contributed by atoms with Gasteiger partial charge in [-0.1, -0.05) is 12.6 Å². The minimum absolute atomic E-state index is 0.255. The Morgan fingerprint density at radius 2 is 2.29 bits per heavy atom. The van der Waals surface area contributed by atoms with E-state index in [1.165, 1.54) is 7.11 Å². The topological polar surface area (TPSA) is 39.2 Å². The third-order valence-corrected chi connectivity index (χ3v) is 1.84. The van der Waals surface area contributed by atoms with Crippen molar-refractivity contribution in [1.29, 1.82) is 0 Å². The van der Waals surface area contributed by atoms with Gasteiger partial charge in [0.2, 0.25) is 0 Å². The lowest BCUT2D eigenvalue weighted by Gasteiger charge is -2.01. The van der Waals surface area contributed by atoms with Crippen molar-refractivity contribution in [2.75, 3.05) is 7.11 Å². The van der Waals surface area contributed by atoms with Crippen LogP contribution < -0.4 is 0 Å². The molecule has 0 spiro atoms. The normalized spacial score (nSPS) is 9.57. The number of carbonyl (C=O) groups excluding carboxylic acids is 1. The Hall–Kier alpha value is -1.64. The number of carbonyl (C=O) groups is 1. The van der Waals surface area contributed by atoms with Crippen molar-refractivity contribution in [3.63, 3.8) is 0 Å². The fourth-order valence-corrected chi connectivity index (χ4v) is 1.02. The van der Waals surface area contributed by atoms with E-state index < -0.39 is 0 Å². The molecule has 0 aliphatic carbocycles. The van der Waals surface area contributed by atoms with Crippen molar-refractivity contribution in [2.24, 2.45) is 0 Å². The number of nitrogens with zero attached hydrogens (tertiary/aromatic N) is 1. The molecule has 3 heteroatoms. The van der Waals surface area contributed by atoms with E-state index in [1.807, 2.05) is 19.1 Å². The van der Waals surface area contributed by atoms with E-state index in [0.29, 0.717) is 0 Å². The molecule has 0 aliphatic heterocycles. The third kappa shape index (κ3) is 2.69. The van der Waals surface area contributed by atoms with Crippen LogP contribution in [0.1, 0.15) is 18.2 Å². The fraction of sp³-hybridized carbons (Fsp3) is 0.273. The van der Waals surface area contributed by atoms with Crippen LogP contribution in [-0.2, 0) is 16.0 Å². The van der Waals surface area contributed by atoms with Crippen LogP contribution in [0.3, 0.4) is 0 Å². The van der Waals surface area contributed by atoms with Gasteiger partial charge in [-0.15, -0.1) is 0 Å². The predicted octanol–water partition coefficient (Wildman–Crippen LogP) is 1.83. The molecule has 0 atom stereocenters. The molecular weight excluding hydrogens is 178 g/mol. The smallest absolute Gasteiger partial charge is 0.310 e. The Labute approximate surface area is 83.4 Å². The summed E-state index contributed by atoms with van der Waals surface area (Å²) >= 11 is 0. The first-order valence-corrected chi connectivity index (χ1v) is 4.31. The van der Waals surface area contributed by atoms with Crippen LogP contribution in [0, 0.1) is 0 Å². The van der Waals surface area contributed by atoms with Gasteiger partial charge in [0.25, 0.3) is 0 Å². The molecule has 14 heavy (non-hydrogen) atoms. The molecule has 1 rings (SSSR count). The summed E-state index contributed by atoms with van der Waals surface area (Å²) in [4.78, 5) is 15.1. The number of rotatable bonds is 3. The molecule has 0 aliphatic rings. The maximum absolute atomic E-state index is 10.9. The molecule has 1 aromatic rings. The quantitative estimate of drug-likeness (QED) is 0.684. The van der Waals surface area contributed by atoms with E-state index in [9.17, 15) is 4.79 Å². The van der Waals surface area contributed by atoms with Gasteiger partial charge in [-0.25, -0.2) is 0 Å². The number of methoxy groups -OCH3 is 1. The molecule has 0 radical (unpaired) electrons. The second-order valence-corrected chi connectivity index (χ2v) is 3.08. The molecule has 1 heterocycles. The molecule has 0 aromatic carbocycles. The zero-order chi connectivity index (χ0) is 10.6. The number of hydrogen-bond donors (Lipinski definition) is 0. The molecule has 0 saturated carbocycles. The first-order chi connectivity index (χ1) is 6.63. The van der Waals surface area contributed by atoms with Gasteiger partial charge < -0.3 is 4.74 Å². The highest BCUT2D eigenvalue weighted by molar-refractivity contribution is 5.72. The highest BCUT2D eigenvalue weighted by atomic mass is 16.5. The van der Waals surface area contributed by atoms with Crippen molar-refractivity contribution in [1.82, 2.24) is 4.98 Å². The number of hydrogen-bond acceptors (Lipinski definition) is 3. The largest absolute Gasteiger partial charge is 0.469 e. The number of esters is 1. The van der Waals surface area contributed by atoms with E-state index >= 15 is 0 Å². The summed E-state index contributed by atoms with van der Waals surface area (Å²) in [5, 5.41) is 0. The summed E-state index contributed by atoms with van der Waals surface area (Å²) in [6.45, 7) is 5.67. The summed E-state index contributed by atoms with van der Waals surface area (Å²) in [6.07, 6.45) is 1.93. The Morgan fingerprint density at radius 1 is 1.57 bits per heavy atom. The molecule has 0 N–H and O–H groups in total. The van der Waals surface area contributed by atoms with Crippen LogP contribution in [0.15, 0.2) is 24.9 Å². The Kier molecular flexibility index (Phi) is 3.40. The maximum Gasteiger partial charge on any atom is 0.310 e. The van der Waals surface area contributed by atoms with Crippen molar-refractivity contribution >= 4 is 11.5 Å². The molecule has 0 saturated heterocycles. The summed E-state index contributed by atoms with van der Waals surface area (Å²) in [5.74, 6) is -0.255.